The average Bonchev–Trinajstić information content (AvgIpc) is 2.82. The molecule has 1 heterocycles. The number of aromatic carboxylic acids is 1. The minimum absolute atomic E-state index is 0.0644. The highest BCUT2D eigenvalue weighted by Gasteiger charge is 2.14. The number of amides is 1. The van der Waals surface area contributed by atoms with Crippen LogP contribution in [-0.4, -0.2) is 17.0 Å². The van der Waals surface area contributed by atoms with E-state index in [9.17, 15) is 14.0 Å². The number of carboxylic acids is 1. The topological polar surface area (TPSA) is 66.4 Å². The number of carbonyl (C=O) groups is 2. The third-order valence-electron chi connectivity index (χ3n) is 2.41. The van der Waals surface area contributed by atoms with Crippen LogP contribution in [0.2, 0.25) is 0 Å². The second-order valence-electron chi connectivity index (χ2n) is 3.91. The Hall–Kier alpha value is -2.21. The summed E-state index contributed by atoms with van der Waals surface area (Å²) in [4.78, 5) is 22.8. The first-order chi connectivity index (χ1) is 8.97. The number of anilines is 1. The van der Waals surface area contributed by atoms with Crippen LogP contribution in [0.15, 0.2) is 30.3 Å². The smallest absolute Gasteiger partial charge is 0.345 e. The lowest BCUT2D eigenvalue weighted by atomic mass is 10.2. The van der Waals surface area contributed by atoms with Gasteiger partial charge in [0, 0.05) is 0 Å². The Morgan fingerprint density at radius 3 is 2.47 bits per heavy atom. The lowest BCUT2D eigenvalue weighted by Gasteiger charge is -2.05. The van der Waals surface area contributed by atoms with Gasteiger partial charge < -0.3 is 10.4 Å². The summed E-state index contributed by atoms with van der Waals surface area (Å²) in [6, 6.07) is 7.19. The average molecular weight is 279 g/mol. The minimum Gasteiger partial charge on any atom is -0.477 e. The third-order valence-corrected chi connectivity index (χ3v) is 3.49. The van der Waals surface area contributed by atoms with E-state index in [1.807, 2.05) is 0 Å². The molecule has 1 amide bonds. The number of hydrogen-bond acceptors (Lipinski definition) is 3. The molecule has 0 fully saturated rings. The van der Waals surface area contributed by atoms with Crippen LogP contribution in [0.4, 0.5) is 10.1 Å². The molecule has 1 aromatic carbocycles. The molecule has 2 rings (SSSR count). The van der Waals surface area contributed by atoms with Crippen molar-refractivity contribution in [1.82, 2.24) is 0 Å². The van der Waals surface area contributed by atoms with Gasteiger partial charge in [0.1, 0.15) is 10.7 Å². The van der Waals surface area contributed by atoms with E-state index in [0.717, 1.165) is 16.9 Å². The molecule has 0 saturated heterocycles. The normalized spacial score (nSPS) is 10.2. The number of rotatable bonds is 3. The van der Waals surface area contributed by atoms with Crippen LogP contribution in [0.3, 0.4) is 0 Å². The molecular formula is C13H10FNO3S. The van der Waals surface area contributed by atoms with Crippen LogP contribution in [0, 0.1) is 12.7 Å². The number of thiophene rings is 1. The molecule has 19 heavy (non-hydrogen) atoms. The van der Waals surface area contributed by atoms with Gasteiger partial charge in [-0.1, -0.05) is 6.07 Å². The molecule has 0 saturated carbocycles. The molecule has 98 valence electrons. The molecule has 0 bridgehead atoms. The Morgan fingerprint density at radius 2 is 1.89 bits per heavy atom. The van der Waals surface area contributed by atoms with E-state index in [1.54, 1.807) is 13.0 Å². The fourth-order valence-electron chi connectivity index (χ4n) is 1.48. The molecule has 0 radical (unpaired) electrons. The molecule has 0 aliphatic rings. The Bertz CT molecular complexity index is 651. The maximum absolute atomic E-state index is 13.6. The summed E-state index contributed by atoms with van der Waals surface area (Å²) < 4.78 is 13.6. The summed E-state index contributed by atoms with van der Waals surface area (Å²) in [5, 5.41) is 11.2. The van der Waals surface area contributed by atoms with Gasteiger partial charge in [0.25, 0.3) is 5.91 Å². The first-order valence-electron chi connectivity index (χ1n) is 5.38. The van der Waals surface area contributed by atoms with E-state index in [4.69, 9.17) is 5.11 Å². The number of hydrogen-bond donors (Lipinski definition) is 2. The number of nitrogens with one attached hydrogen (secondary N) is 1. The van der Waals surface area contributed by atoms with Gasteiger partial charge in [0.15, 0.2) is 0 Å². The third kappa shape index (κ3) is 2.97. The van der Waals surface area contributed by atoms with Crippen molar-refractivity contribution in [3.63, 3.8) is 0 Å². The first kappa shape index (κ1) is 13.2. The summed E-state index contributed by atoms with van der Waals surface area (Å²) >= 11 is 0.843. The van der Waals surface area contributed by atoms with Crippen LogP contribution < -0.4 is 5.32 Å². The summed E-state index contributed by atoms with van der Waals surface area (Å²) in [5.41, 5.74) is 0.820. The maximum Gasteiger partial charge on any atom is 0.345 e. The largest absolute Gasteiger partial charge is 0.477 e. The summed E-state index contributed by atoms with van der Waals surface area (Å²) in [7, 11) is 0. The highest BCUT2D eigenvalue weighted by Crippen LogP contribution is 2.20. The molecule has 2 aromatic rings. The van der Waals surface area contributed by atoms with E-state index in [2.05, 4.69) is 5.32 Å². The van der Waals surface area contributed by atoms with Gasteiger partial charge in [-0.05, 0) is 36.8 Å². The fourth-order valence-corrected chi connectivity index (χ4v) is 2.22. The predicted octanol–water partition coefficient (Wildman–Crippen LogP) is 3.15. The number of carbonyl (C=O) groups excluding carboxylic acids is 1. The molecule has 1 aromatic heterocycles. The monoisotopic (exact) mass is 279 g/mol. The van der Waals surface area contributed by atoms with Crippen molar-refractivity contribution in [2.75, 3.05) is 5.32 Å². The Balaban J connectivity index is 2.18. The van der Waals surface area contributed by atoms with Gasteiger partial charge in [0.05, 0.1) is 10.6 Å². The number of halogens is 1. The van der Waals surface area contributed by atoms with Gasteiger partial charge >= 0.3 is 5.97 Å². The Labute approximate surface area is 112 Å². The standard InChI is InChI=1S/C13H10FNO3S/c1-7-2-3-9(8(14)6-7)15-12(16)10-4-5-11(19-10)13(17)18/h2-6H,1H3,(H,15,16)(H,17,18). The summed E-state index contributed by atoms with van der Waals surface area (Å²) in [6.45, 7) is 1.74. The zero-order valence-corrected chi connectivity index (χ0v) is 10.8. The predicted molar refractivity (Wildman–Crippen MR) is 70.4 cm³/mol. The Kier molecular flexibility index (Phi) is 3.62. The van der Waals surface area contributed by atoms with Crippen LogP contribution in [-0.2, 0) is 0 Å². The number of carboxylic acid groups (broad SMARTS) is 1. The van der Waals surface area contributed by atoms with E-state index in [0.29, 0.717) is 0 Å². The first-order valence-corrected chi connectivity index (χ1v) is 6.19. The zero-order valence-electron chi connectivity index (χ0n) is 9.94. The molecule has 0 spiro atoms. The van der Waals surface area contributed by atoms with Gasteiger partial charge in [-0.15, -0.1) is 11.3 Å². The lowest BCUT2D eigenvalue weighted by molar-refractivity contribution is 0.0702. The van der Waals surface area contributed by atoms with Crippen molar-refractivity contribution < 1.29 is 19.1 Å². The molecule has 4 nitrogen and oxygen atoms in total. The van der Waals surface area contributed by atoms with Gasteiger partial charge in [-0.25, -0.2) is 9.18 Å². The van der Waals surface area contributed by atoms with Crippen molar-refractivity contribution in [3.8, 4) is 0 Å². The molecule has 0 atom stereocenters. The van der Waals surface area contributed by atoms with Crippen LogP contribution in [0.1, 0.15) is 24.9 Å². The Morgan fingerprint density at radius 1 is 1.21 bits per heavy atom. The fraction of sp³-hybridized carbons (Fsp3) is 0.0769. The lowest BCUT2D eigenvalue weighted by Crippen LogP contribution is -2.11. The SMILES string of the molecule is Cc1ccc(NC(=O)c2ccc(C(=O)O)s2)c(F)c1. The van der Waals surface area contributed by atoms with Crippen molar-refractivity contribution in [2.45, 2.75) is 6.92 Å². The number of aryl methyl sites for hydroxylation is 1. The van der Waals surface area contributed by atoms with E-state index in [1.165, 1.54) is 24.3 Å². The van der Waals surface area contributed by atoms with Crippen LogP contribution in [0.5, 0.6) is 0 Å². The number of benzene rings is 1. The van der Waals surface area contributed by atoms with Gasteiger partial charge in [-0.3, -0.25) is 4.79 Å². The van der Waals surface area contributed by atoms with E-state index in [-0.39, 0.29) is 15.4 Å². The van der Waals surface area contributed by atoms with Crippen molar-refractivity contribution in [3.05, 3.63) is 51.5 Å². The van der Waals surface area contributed by atoms with Gasteiger partial charge in [0.2, 0.25) is 0 Å². The quantitative estimate of drug-likeness (QED) is 0.907. The highest BCUT2D eigenvalue weighted by atomic mass is 32.1. The molecular weight excluding hydrogens is 269 g/mol. The van der Waals surface area contributed by atoms with E-state index >= 15 is 0 Å². The molecule has 0 unspecified atom stereocenters. The maximum atomic E-state index is 13.6. The zero-order chi connectivity index (χ0) is 14.0. The van der Waals surface area contributed by atoms with Crippen LogP contribution in [0.25, 0.3) is 0 Å². The molecule has 6 heteroatoms. The molecule has 0 aliphatic carbocycles. The van der Waals surface area contributed by atoms with Crippen LogP contribution >= 0.6 is 11.3 Å². The van der Waals surface area contributed by atoms with Gasteiger partial charge in [-0.2, -0.15) is 0 Å². The second kappa shape index (κ2) is 5.19. The summed E-state index contributed by atoms with van der Waals surface area (Å²) in [6.07, 6.45) is 0. The summed E-state index contributed by atoms with van der Waals surface area (Å²) in [5.74, 6) is -2.14. The minimum atomic E-state index is -1.09. The van der Waals surface area contributed by atoms with Crippen molar-refractivity contribution >= 4 is 28.9 Å². The second-order valence-corrected chi connectivity index (χ2v) is 4.99. The van der Waals surface area contributed by atoms with Crippen molar-refractivity contribution in [1.29, 1.82) is 0 Å². The molecule has 2 N–H and O–H groups in total. The van der Waals surface area contributed by atoms with Crippen molar-refractivity contribution in [2.24, 2.45) is 0 Å². The molecule has 0 aliphatic heterocycles. The highest BCUT2D eigenvalue weighted by molar-refractivity contribution is 7.15. The van der Waals surface area contributed by atoms with E-state index < -0.39 is 17.7 Å².